The summed E-state index contributed by atoms with van der Waals surface area (Å²) in [6.45, 7) is 0.342. The normalized spacial score (nSPS) is 12.9. The Balaban J connectivity index is 4.07. The second kappa shape index (κ2) is 6.97. The van der Waals surface area contributed by atoms with Gasteiger partial charge in [-0.2, -0.15) is 13.2 Å². The number of halogens is 3. The highest BCUT2D eigenvalue weighted by molar-refractivity contribution is 5.75. The number of carboxylic acid groups (broad SMARTS) is 1. The lowest BCUT2D eigenvalue weighted by Crippen LogP contribution is -2.45. The molecule has 0 bridgehead atoms. The van der Waals surface area contributed by atoms with Crippen LogP contribution in [-0.2, 0) is 4.79 Å². The number of amides is 2. The van der Waals surface area contributed by atoms with Crippen molar-refractivity contribution in [1.29, 1.82) is 0 Å². The van der Waals surface area contributed by atoms with Crippen molar-refractivity contribution >= 4 is 12.0 Å². The van der Waals surface area contributed by atoms with Gasteiger partial charge >= 0.3 is 18.2 Å². The molecular weight excluding hydrogens is 241 g/mol. The third kappa shape index (κ3) is 9.46. The second-order valence-electron chi connectivity index (χ2n) is 3.53. The largest absolute Gasteiger partial charge is 0.481 e. The zero-order valence-corrected chi connectivity index (χ0v) is 9.30. The minimum absolute atomic E-state index is 0.312. The van der Waals surface area contributed by atoms with Crippen LogP contribution in [0.15, 0.2) is 0 Å². The molecule has 0 aromatic heterocycles. The first-order valence-electron chi connectivity index (χ1n) is 5.07. The summed E-state index contributed by atoms with van der Waals surface area (Å²) in [6.07, 6.45) is -3.78. The highest BCUT2D eigenvalue weighted by Crippen LogP contribution is 2.12. The van der Waals surface area contributed by atoms with Crippen LogP contribution in [-0.4, -0.2) is 35.9 Å². The maximum atomic E-state index is 11.8. The Morgan fingerprint density at radius 2 is 1.94 bits per heavy atom. The fraction of sp³-hybridized carbons (Fsp3) is 0.778. The Hall–Kier alpha value is -1.47. The van der Waals surface area contributed by atoms with Crippen molar-refractivity contribution in [1.82, 2.24) is 10.6 Å². The number of alkyl halides is 3. The molecule has 2 amide bonds. The first kappa shape index (κ1) is 15.5. The molecule has 0 aliphatic carbocycles. The number of carbonyl (C=O) groups is 2. The van der Waals surface area contributed by atoms with Crippen molar-refractivity contribution < 1.29 is 27.9 Å². The van der Waals surface area contributed by atoms with E-state index in [4.69, 9.17) is 5.11 Å². The van der Waals surface area contributed by atoms with Gasteiger partial charge in [-0.25, -0.2) is 4.79 Å². The number of carbonyl (C=O) groups excluding carboxylic acids is 1. The van der Waals surface area contributed by atoms with Gasteiger partial charge < -0.3 is 15.7 Å². The van der Waals surface area contributed by atoms with Crippen molar-refractivity contribution in [3.05, 3.63) is 0 Å². The molecule has 17 heavy (non-hydrogen) atoms. The van der Waals surface area contributed by atoms with Gasteiger partial charge in [0.25, 0.3) is 0 Å². The van der Waals surface area contributed by atoms with Crippen LogP contribution in [0.2, 0.25) is 0 Å². The second-order valence-corrected chi connectivity index (χ2v) is 3.53. The van der Waals surface area contributed by atoms with Gasteiger partial charge in [-0.1, -0.05) is 13.3 Å². The van der Waals surface area contributed by atoms with E-state index in [1.54, 1.807) is 12.2 Å². The summed E-state index contributed by atoms with van der Waals surface area (Å²) in [6, 6.07) is -1.67. The maximum absolute atomic E-state index is 11.8. The van der Waals surface area contributed by atoms with Crippen LogP contribution in [0.4, 0.5) is 18.0 Å². The van der Waals surface area contributed by atoms with Gasteiger partial charge in [-0.15, -0.1) is 0 Å². The fourth-order valence-corrected chi connectivity index (χ4v) is 1.20. The van der Waals surface area contributed by atoms with Crippen molar-refractivity contribution in [3.8, 4) is 0 Å². The van der Waals surface area contributed by atoms with E-state index >= 15 is 0 Å². The molecule has 0 fully saturated rings. The van der Waals surface area contributed by atoms with Crippen LogP contribution in [0.25, 0.3) is 0 Å². The summed E-state index contributed by atoms with van der Waals surface area (Å²) in [5, 5.41) is 12.3. The molecule has 8 heteroatoms. The maximum Gasteiger partial charge on any atom is 0.405 e. The van der Waals surface area contributed by atoms with Crippen LogP contribution in [0.5, 0.6) is 0 Å². The number of hydrogen-bond donors (Lipinski definition) is 3. The minimum atomic E-state index is -4.48. The Morgan fingerprint density at radius 1 is 1.35 bits per heavy atom. The quantitative estimate of drug-likeness (QED) is 0.673. The van der Waals surface area contributed by atoms with Gasteiger partial charge in [0.2, 0.25) is 0 Å². The van der Waals surface area contributed by atoms with Gasteiger partial charge in [0, 0.05) is 6.04 Å². The van der Waals surface area contributed by atoms with E-state index in [1.165, 1.54) is 0 Å². The number of urea groups is 1. The molecule has 0 saturated heterocycles. The number of hydrogen-bond acceptors (Lipinski definition) is 2. The van der Waals surface area contributed by atoms with Gasteiger partial charge in [0.15, 0.2) is 0 Å². The van der Waals surface area contributed by atoms with E-state index in [9.17, 15) is 22.8 Å². The molecule has 1 atom stereocenters. The highest BCUT2D eigenvalue weighted by atomic mass is 19.4. The molecule has 100 valence electrons. The van der Waals surface area contributed by atoms with Crippen molar-refractivity contribution in [2.24, 2.45) is 0 Å². The summed E-state index contributed by atoms with van der Waals surface area (Å²) in [5.74, 6) is -1.11. The SMILES string of the molecule is CCCC(CC(=O)O)NC(=O)NCC(F)(F)F. The fourth-order valence-electron chi connectivity index (χ4n) is 1.20. The molecule has 0 aliphatic heterocycles. The molecule has 0 radical (unpaired) electrons. The third-order valence-electron chi connectivity index (χ3n) is 1.84. The van der Waals surface area contributed by atoms with Gasteiger partial charge in [0.05, 0.1) is 6.42 Å². The highest BCUT2D eigenvalue weighted by Gasteiger charge is 2.28. The van der Waals surface area contributed by atoms with Crippen molar-refractivity contribution in [2.75, 3.05) is 6.54 Å². The Morgan fingerprint density at radius 3 is 2.35 bits per heavy atom. The van der Waals surface area contributed by atoms with E-state index in [-0.39, 0.29) is 6.42 Å². The van der Waals surface area contributed by atoms with Crippen molar-refractivity contribution in [2.45, 2.75) is 38.4 Å². The van der Waals surface area contributed by atoms with Gasteiger partial charge in [-0.3, -0.25) is 4.79 Å². The summed E-state index contributed by atoms with van der Waals surface area (Å²) in [4.78, 5) is 21.5. The summed E-state index contributed by atoms with van der Waals surface area (Å²) in [7, 11) is 0. The van der Waals surface area contributed by atoms with Crippen LogP contribution in [0.1, 0.15) is 26.2 Å². The molecule has 3 N–H and O–H groups in total. The number of rotatable bonds is 6. The number of nitrogens with one attached hydrogen (secondary N) is 2. The lowest BCUT2D eigenvalue weighted by atomic mass is 10.1. The zero-order chi connectivity index (χ0) is 13.5. The standard InChI is InChI=1S/C9H15F3N2O3/c1-2-3-6(4-7(15)16)14-8(17)13-5-9(10,11)12/h6H,2-5H2,1H3,(H,15,16)(H2,13,14,17). The molecule has 0 rings (SSSR count). The molecule has 0 heterocycles. The number of carboxylic acids is 1. The van der Waals surface area contributed by atoms with Crippen LogP contribution in [0, 0.1) is 0 Å². The molecule has 5 nitrogen and oxygen atoms in total. The lowest BCUT2D eigenvalue weighted by Gasteiger charge is -2.17. The van der Waals surface area contributed by atoms with E-state index in [0.717, 1.165) is 0 Å². The Kier molecular flexibility index (Phi) is 6.37. The molecular formula is C9H15F3N2O3. The van der Waals surface area contributed by atoms with Gasteiger partial charge in [0.1, 0.15) is 6.54 Å². The van der Waals surface area contributed by atoms with E-state index in [2.05, 4.69) is 5.32 Å². The number of aliphatic carboxylic acids is 1. The zero-order valence-electron chi connectivity index (χ0n) is 9.30. The smallest absolute Gasteiger partial charge is 0.405 e. The summed E-state index contributed by atoms with van der Waals surface area (Å²) < 4.78 is 35.3. The molecule has 1 unspecified atom stereocenters. The van der Waals surface area contributed by atoms with E-state index < -0.39 is 30.8 Å². The topological polar surface area (TPSA) is 78.4 Å². The van der Waals surface area contributed by atoms with Crippen LogP contribution in [0.3, 0.4) is 0 Å². The molecule has 0 aliphatic rings. The summed E-state index contributed by atoms with van der Waals surface area (Å²) in [5.41, 5.74) is 0. The predicted molar refractivity (Wildman–Crippen MR) is 53.5 cm³/mol. The lowest BCUT2D eigenvalue weighted by molar-refractivity contribution is -0.137. The Bertz CT molecular complexity index is 269. The molecule has 0 saturated carbocycles. The monoisotopic (exact) mass is 256 g/mol. The van der Waals surface area contributed by atoms with Crippen molar-refractivity contribution in [3.63, 3.8) is 0 Å². The van der Waals surface area contributed by atoms with Gasteiger partial charge in [-0.05, 0) is 6.42 Å². The first-order valence-corrected chi connectivity index (χ1v) is 5.07. The average Bonchev–Trinajstić information content (AvgIpc) is 2.13. The summed E-state index contributed by atoms with van der Waals surface area (Å²) >= 11 is 0. The average molecular weight is 256 g/mol. The minimum Gasteiger partial charge on any atom is -0.481 e. The molecule has 0 aromatic carbocycles. The van der Waals surface area contributed by atoms with E-state index in [0.29, 0.717) is 12.8 Å². The Labute approximate surface area is 96.4 Å². The predicted octanol–water partition coefficient (Wildman–Crippen LogP) is 1.49. The molecule has 0 aromatic rings. The first-order chi connectivity index (χ1) is 7.74. The van der Waals surface area contributed by atoms with E-state index in [1.807, 2.05) is 0 Å². The third-order valence-corrected chi connectivity index (χ3v) is 1.84. The van der Waals surface area contributed by atoms with Crippen LogP contribution < -0.4 is 10.6 Å². The molecule has 0 spiro atoms. The van der Waals surface area contributed by atoms with Crippen LogP contribution >= 0.6 is 0 Å².